The molecule has 7 nitrogen and oxygen atoms in total. The van der Waals surface area contributed by atoms with Crippen LogP contribution < -0.4 is 25.4 Å². The first kappa shape index (κ1) is 27.1. The Morgan fingerprint density at radius 2 is 2.06 bits per heavy atom. The Labute approximate surface area is 210 Å². The first-order valence-corrected chi connectivity index (χ1v) is 12.2. The molecule has 1 aliphatic rings. The molecular formula is C25H26F3N5O2S. The second-order valence-corrected chi connectivity index (χ2v) is 9.31. The third kappa shape index (κ3) is 6.56. The maximum Gasteiger partial charge on any atom is 0.391 e. The number of nitriles is 1. The number of aromatic nitrogens is 1. The molecule has 1 aromatic carbocycles. The predicted octanol–water partition coefficient (Wildman–Crippen LogP) is 1.98. The van der Waals surface area contributed by atoms with Crippen LogP contribution in [0.25, 0.3) is 11.8 Å². The molecule has 190 valence electrons. The van der Waals surface area contributed by atoms with Crippen molar-refractivity contribution in [3.63, 3.8) is 0 Å². The molecule has 0 bridgehead atoms. The smallest absolute Gasteiger partial charge is 0.360 e. The van der Waals surface area contributed by atoms with E-state index >= 15 is 0 Å². The number of terminal acetylenes is 1. The molecule has 11 heteroatoms. The summed E-state index contributed by atoms with van der Waals surface area (Å²) in [5.74, 6) is 0.384. The zero-order valence-corrected chi connectivity index (χ0v) is 20.5. The molecule has 1 aliphatic heterocycles. The second-order valence-electron chi connectivity index (χ2n) is 8.28. The highest BCUT2D eigenvalue weighted by molar-refractivity contribution is 7.07. The van der Waals surface area contributed by atoms with Crippen LogP contribution in [0.1, 0.15) is 25.3 Å². The molecule has 2 N–H and O–H groups in total. The Bertz CT molecular complexity index is 1360. The molecule has 0 aliphatic carbocycles. The lowest BCUT2D eigenvalue weighted by atomic mass is 9.96. The van der Waals surface area contributed by atoms with Crippen LogP contribution in [0.3, 0.4) is 0 Å². The number of thiazole rings is 1. The highest BCUT2D eigenvalue weighted by Crippen LogP contribution is 2.34. The first-order chi connectivity index (χ1) is 17.2. The standard InChI is InChI=1S/C25H26F3N5O2S/c1-3-10-30-22(34)20(14-29)24-33(4-2)23(35)21(36-24)15-31-19-7-5-6-17(13-19)16-32-11-8-18(9-12-32)25(26,27)28/h1,5-7,13,15,18,31H,4,8-12,16H2,2H3,(H,30,34). The van der Waals surface area contributed by atoms with Gasteiger partial charge in [-0.25, -0.2) is 0 Å². The maximum absolute atomic E-state index is 12.9. The number of alkyl halides is 3. The van der Waals surface area contributed by atoms with Crippen LogP contribution in [0.15, 0.2) is 29.1 Å². The molecule has 0 unspecified atom stereocenters. The zero-order valence-electron chi connectivity index (χ0n) is 19.7. The van der Waals surface area contributed by atoms with Crippen LogP contribution in [0.5, 0.6) is 0 Å². The number of amides is 1. The van der Waals surface area contributed by atoms with E-state index in [1.54, 1.807) is 6.92 Å². The van der Waals surface area contributed by atoms with Gasteiger partial charge < -0.3 is 10.6 Å². The SMILES string of the molecule is C#CCNC(=O)C(C#N)=c1sc(=CNc2cccc(CN3CCC(C(F)(F)F)CC3)c2)c(=O)n1CC. The summed E-state index contributed by atoms with van der Waals surface area (Å²) < 4.78 is 40.6. The summed E-state index contributed by atoms with van der Waals surface area (Å²) in [5.41, 5.74) is 1.10. The van der Waals surface area contributed by atoms with Crippen LogP contribution in [0.2, 0.25) is 0 Å². The van der Waals surface area contributed by atoms with Gasteiger partial charge in [0.25, 0.3) is 11.5 Å². The van der Waals surface area contributed by atoms with Gasteiger partial charge in [0.1, 0.15) is 15.3 Å². The topological polar surface area (TPSA) is 90.2 Å². The summed E-state index contributed by atoms with van der Waals surface area (Å²) in [4.78, 5) is 27.2. The number of benzene rings is 1. The third-order valence-corrected chi connectivity index (χ3v) is 7.01. The number of anilines is 1. The van der Waals surface area contributed by atoms with Gasteiger partial charge in [0, 0.05) is 25.0 Å². The Hall–Kier alpha value is -3.54. The van der Waals surface area contributed by atoms with E-state index in [1.807, 2.05) is 35.2 Å². The average molecular weight is 518 g/mol. The summed E-state index contributed by atoms with van der Waals surface area (Å²) >= 11 is 1.02. The summed E-state index contributed by atoms with van der Waals surface area (Å²) in [6.45, 7) is 3.27. The van der Waals surface area contributed by atoms with Crippen molar-refractivity contribution >= 4 is 34.7 Å². The van der Waals surface area contributed by atoms with Crippen molar-refractivity contribution in [2.45, 2.75) is 39.0 Å². The highest BCUT2D eigenvalue weighted by atomic mass is 32.1. The number of nitrogens with one attached hydrogen (secondary N) is 2. The molecule has 2 aromatic rings. The largest absolute Gasteiger partial charge is 0.391 e. The molecule has 36 heavy (non-hydrogen) atoms. The minimum Gasteiger partial charge on any atom is -0.360 e. The van der Waals surface area contributed by atoms with E-state index in [0.29, 0.717) is 29.9 Å². The molecule has 1 amide bonds. The van der Waals surface area contributed by atoms with Crippen LogP contribution >= 0.6 is 11.3 Å². The number of piperidine rings is 1. The Morgan fingerprint density at radius 1 is 1.33 bits per heavy atom. The van der Waals surface area contributed by atoms with Crippen LogP contribution in [0.4, 0.5) is 18.9 Å². The fraction of sp³-hybridized carbons (Fsp3) is 0.400. The van der Waals surface area contributed by atoms with Gasteiger partial charge >= 0.3 is 6.18 Å². The monoisotopic (exact) mass is 517 g/mol. The van der Waals surface area contributed by atoms with Crippen molar-refractivity contribution in [3.05, 3.63) is 49.4 Å². The molecule has 1 aromatic heterocycles. The average Bonchev–Trinajstić information content (AvgIpc) is 3.16. The predicted molar refractivity (Wildman–Crippen MR) is 133 cm³/mol. The second kappa shape index (κ2) is 11.9. The van der Waals surface area contributed by atoms with E-state index in [-0.39, 0.29) is 41.7 Å². The number of rotatable bonds is 7. The lowest BCUT2D eigenvalue weighted by Crippen LogP contribution is -2.38. The van der Waals surface area contributed by atoms with Crippen molar-refractivity contribution in [1.29, 1.82) is 5.26 Å². The molecule has 1 saturated heterocycles. The minimum atomic E-state index is -4.14. The van der Waals surface area contributed by atoms with E-state index in [1.165, 1.54) is 10.8 Å². The van der Waals surface area contributed by atoms with Crippen molar-refractivity contribution in [2.24, 2.45) is 5.92 Å². The number of hydrogen-bond acceptors (Lipinski definition) is 6. The Morgan fingerprint density at radius 3 is 2.67 bits per heavy atom. The first-order valence-electron chi connectivity index (χ1n) is 11.4. The molecule has 0 saturated carbocycles. The van der Waals surface area contributed by atoms with E-state index < -0.39 is 18.0 Å². The van der Waals surface area contributed by atoms with E-state index in [9.17, 15) is 28.0 Å². The van der Waals surface area contributed by atoms with Crippen molar-refractivity contribution < 1.29 is 18.0 Å². The lowest BCUT2D eigenvalue weighted by Gasteiger charge is -2.32. The Balaban J connectivity index is 1.79. The van der Waals surface area contributed by atoms with Gasteiger partial charge in [-0.15, -0.1) is 17.8 Å². The summed E-state index contributed by atoms with van der Waals surface area (Å²) in [5, 5.41) is 15.0. The number of halogens is 3. The molecule has 1 fully saturated rings. The number of carbonyl (C=O) groups is 1. The summed E-state index contributed by atoms with van der Waals surface area (Å²) in [6.07, 6.45) is 2.73. The van der Waals surface area contributed by atoms with E-state index in [4.69, 9.17) is 6.42 Å². The van der Waals surface area contributed by atoms with Crippen LogP contribution in [-0.4, -0.2) is 41.2 Å². The molecular weight excluding hydrogens is 491 g/mol. The van der Waals surface area contributed by atoms with Crippen LogP contribution in [0, 0.1) is 29.6 Å². The van der Waals surface area contributed by atoms with Gasteiger partial charge in [-0.1, -0.05) is 18.1 Å². The fourth-order valence-electron chi connectivity index (χ4n) is 3.99. The van der Waals surface area contributed by atoms with Gasteiger partial charge in [0.2, 0.25) is 0 Å². The molecule has 2 heterocycles. The zero-order chi connectivity index (χ0) is 26.3. The quantitative estimate of drug-likeness (QED) is 0.549. The van der Waals surface area contributed by atoms with Gasteiger partial charge in [0.05, 0.1) is 12.5 Å². The molecule has 3 rings (SSSR count). The maximum atomic E-state index is 12.9. The van der Waals surface area contributed by atoms with Gasteiger partial charge in [-0.2, -0.15) is 18.4 Å². The van der Waals surface area contributed by atoms with Crippen LogP contribution in [-0.2, 0) is 17.9 Å². The molecule has 0 atom stereocenters. The van der Waals surface area contributed by atoms with Crippen molar-refractivity contribution in [2.75, 3.05) is 25.0 Å². The Kier molecular flexibility index (Phi) is 8.97. The molecule has 0 spiro atoms. The van der Waals surface area contributed by atoms with Gasteiger partial charge in [-0.05, 0) is 50.6 Å². The van der Waals surface area contributed by atoms with Gasteiger partial charge in [0.15, 0.2) is 5.57 Å². The number of nitrogens with zero attached hydrogens (tertiary/aromatic N) is 3. The number of likely N-dealkylation sites (tertiary alicyclic amines) is 1. The minimum absolute atomic E-state index is 0.0387. The summed E-state index contributed by atoms with van der Waals surface area (Å²) in [7, 11) is 0. The normalized spacial score (nSPS) is 16.2. The lowest BCUT2D eigenvalue weighted by molar-refractivity contribution is -0.185. The fourth-order valence-corrected chi connectivity index (χ4v) is 5.08. The third-order valence-electron chi connectivity index (χ3n) is 5.88. The number of hydrogen-bond donors (Lipinski definition) is 2. The summed E-state index contributed by atoms with van der Waals surface area (Å²) in [6, 6.07) is 9.27. The van der Waals surface area contributed by atoms with Crippen molar-refractivity contribution in [3.8, 4) is 18.4 Å². The number of carbonyl (C=O) groups excluding carboxylic acids is 1. The molecule has 0 radical (unpaired) electrons. The van der Waals surface area contributed by atoms with Gasteiger partial charge in [-0.3, -0.25) is 19.1 Å². The van der Waals surface area contributed by atoms with E-state index in [2.05, 4.69) is 16.6 Å². The van der Waals surface area contributed by atoms with Crippen molar-refractivity contribution in [1.82, 2.24) is 14.8 Å². The highest BCUT2D eigenvalue weighted by Gasteiger charge is 2.40. The van der Waals surface area contributed by atoms with E-state index in [0.717, 1.165) is 16.9 Å².